The lowest BCUT2D eigenvalue weighted by atomic mass is 9.89. The number of nitrogens with zero attached hydrogens (tertiary/aromatic N) is 2. The van der Waals surface area contributed by atoms with E-state index in [4.69, 9.17) is 23.2 Å². The second-order valence-corrected chi connectivity index (χ2v) is 6.21. The van der Waals surface area contributed by atoms with Gasteiger partial charge in [0.2, 0.25) is 0 Å². The van der Waals surface area contributed by atoms with Crippen LogP contribution in [0.2, 0.25) is 5.02 Å². The summed E-state index contributed by atoms with van der Waals surface area (Å²) in [6.07, 6.45) is 6.42. The van der Waals surface area contributed by atoms with Crippen LogP contribution in [0.1, 0.15) is 37.9 Å². The van der Waals surface area contributed by atoms with E-state index in [2.05, 4.69) is 9.55 Å². The van der Waals surface area contributed by atoms with E-state index in [1.54, 1.807) is 6.07 Å². The van der Waals surface area contributed by atoms with Crippen LogP contribution in [0.3, 0.4) is 0 Å². The van der Waals surface area contributed by atoms with Crippen LogP contribution in [0.25, 0.3) is 11.0 Å². The molecule has 0 N–H and O–H groups in total. The Morgan fingerprint density at radius 2 is 2.00 bits per heavy atom. The van der Waals surface area contributed by atoms with Crippen LogP contribution in [-0.2, 0) is 12.4 Å². The van der Waals surface area contributed by atoms with Crippen LogP contribution in [0, 0.1) is 11.7 Å². The number of aromatic nitrogens is 2. The molecule has 0 unspecified atom stereocenters. The van der Waals surface area contributed by atoms with Gasteiger partial charge in [0, 0.05) is 12.6 Å². The van der Waals surface area contributed by atoms with E-state index < -0.39 is 5.82 Å². The second-order valence-electron chi connectivity index (χ2n) is 5.53. The van der Waals surface area contributed by atoms with Crippen molar-refractivity contribution in [2.24, 2.45) is 5.92 Å². The van der Waals surface area contributed by atoms with Gasteiger partial charge in [0.25, 0.3) is 0 Å². The molecule has 1 aliphatic rings. The molecule has 1 aromatic heterocycles. The Bertz CT molecular complexity index is 618. The van der Waals surface area contributed by atoms with Crippen molar-refractivity contribution in [1.82, 2.24) is 9.55 Å². The molecular weight excluding hydrogens is 298 g/mol. The average molecular weight is 315 g/mol. The third-order valence-electron chi connectivity index (χ3n) is 4.15. The first kappa shape index (κ1) is 14.2. The molecule has 0 radical (unpaired) electrons. The molecule has 1 saturated carbocycles. The van der Waals surface area contributed by atoms with Gasteiger partial charge in [-0.05, 0) is 24.8 Å². The van der Waals surface area contributed by atoms with Gasteiger partial charge in [-0.25, -0.2) is 9.37 Å². The summed E-state index contributed by atoms with van der Waals surface area (Å²) in [6.45, 7) is 0.903. The molecule has 0 spiro atoms. The summed E-state index contributed by atoms with van der Waals surface area (Å²) >= 11 is 11.9. The van der Waals surface area contributed by atoms with Gasteiger partial charge >= 0.3 is 0 Å². The van der Waals surface area contributed by atoms with Crippen molar-refractivity contribution < 1.29 is 4.39 Å². The van der Waals surface area contributed by atoms with Crippen LogP contribution in [-0.4, -0.2) is 9.55 Å². The predicted molar refractivity (Wildman–Crippen MR) is 80.8 cm³/mol. The molecule has 3 rings (SSSR count). The van der Waals surface area contributed by atoms with Crippen molar-refractivity contribution in [3.8, 4) is 0 Å². The first-order valence-corrected chi connectivity index (χ1v) is 8.00. The largest absolute Gasteiger partial charge is 0.327 e. The molecule has 1 heterocycles. The van der Waals surface area contributed by atoms with Gasteiger partial charge in [0.15, 0.2) is 0 Å². The fourth-order valence-electron chi connectivity index (χ4n) is 3.10. The minimum absolute atomic E-state index is 0.142. The Balaban J connectivity index is 2.00. The Labute approximate surface area is 127 Å². The van der Waals surface area contributed by atoms with Crippen LogP contribution < -0.4 is 0 Å². The minimum atomic E-state index is -0.428. The van der Waals surface area contributed by atoms with Crippen molar-refractivity contribution in [2.45, 2.75) is 44.5 Å². The molecule has 0 saturated heterocycles. The van der Waals surface area contributed by atoms with Crippen molar-refractivity contribution in [3.05, 3.63) is 28.8 Å². The van der Waals surface area contributed by atoms with Crippen LogP contribution in [0.4, 0.5) is 4.39 Å². The summed E-state index contributed by atoms with van der Waals surface area (Å²) in [5, 5.41) is 0.142. The van der Waals surface area contributed by atoms with Crippen molar-refractivity contribution in [1.29, 1.82) is 0 Å². The van der Waals surface area contributed by atoms with Crippen molar-refractivity contribution >= 4 is 34.2 Å². The second kappa shape index (κ2) is 5.90. The molecule has 1 aliphatic carbocycles. The Morgan fingerprint density at radius 3 is 2.70 bits per heavy atom. The Morgan fingerprint density at radius 1 is 1.25 bits per heavy atom. The highest BCUT2D eigenvalue weighted by Crippen LogP contribution is 2.29. The number of halogens is 3. The monoisotopic (exact) mass is 314 g/mol. The number of rotatable bonds is 3. The maximum atomic E-state index is 13.5. The predicted octanol–water partition coefficient (Wildman–Crippen LogP) is 5.15. The van der Waals surface area contributed by atoms with Crippen LogP contribution >= 0.6 is 23.2 Å². The molecule has 0 bridgehead atoms. The van der Waals surface area contributed by atoms with Crippen molar-refractivity contribution in [2.75, 3.05) is 0 Å². The topological polar surface area (TPSA) is 17.8 Å². The zero-order valence-electron chi connectivity index (χ0n) is 11.2. The molecule has 2 nitrogen and oxygen atoms in total. The Kier molecular flexibility index (Phi) is 4.18. The number of hydrogen-bond acceptors (Lipinski definition) is 1. The zero-order chi connectivity index (χ0) is 14.1. The van der Waals surface area contributed by atoms with Gasteiger partial charge in [-0.2, -0.15) is 0 Å². The van der Waals surface area contributed by atoms with E-state index in [-0.39, 0.29) is 5.02 Å². The minimum Gasteiger partial charge on any atom is -0.327 e. The summed E-state index contributed by atoms with van der Waals surface area (Å²) in [4.78, 5) is 4.43. The average Bonchev–Trinajstić information content (AvgIpc) is 2.78. The summed E-state index contributed by atoms with van der Waals surface area (Å²) < 4.78 is 15.7. The molecular formula is C15H17Cl2FN2. The van der Waals surface area contributed by atoms with E-state index in [1.165, 1.54) is 38.2 Å². The number of benzene rings is 1. The first-order valence-electron chi connectivity index (χ1n) is 7.09. The number of imidazole rings is 1. The summed E-state index contributed by atoms with van der Waals surface area (Å²) in [7, 11) is 0. The van der Waals surface area contributed by atoms with Crippen LogP contribution in [0.5, 0.6) is 0 Å². The van der Waals surface area contributed by atoms with Gasteiger partial charge in [-0.15, -0.1) is 11.6 Å². The molecule has 0 atom stereocenters. The molecule has 5 heteroatoms. The lowest BCUT2D eigenvalue weighted by Gasteiger charge is -2.23. The summed E-state index contributed by atoms with van der Waals surface area (Å²) in [6, 6.07) is 3.06. The molecule has 0 amide bonds. The highest BCUT2D eigenvalue weighted by molar-refractivity contribution is 6.31. The van der Waals surface area contributed by atoms with Crippen molar-refractivity contribution in [3.63, 3.8) is 0 Å². The maximum absolute atomic E-state index is 13.5. The number of fused-ring (bicyclic) bond motifs is 1. The van der Waals surface area contributed by atoms with E-state index >= 15 is 0 Å². The molecule has 108 valence electrons. The highest BCUT2D eigenvalue weighted by atomic mass is 35.5. The summed E-state index contributed by atoms with van der Waals surface area (Å²) in [5.74, 6) is 1.36. The lowest BCUT2D eigenvalue weighted by Crippen LogP contribution is -2.15. The smallest absolute Gasteiger partial charge is 0.144 e. The zero-order valence-corrected chi connectivity index (χ0v) is 12.7. The number of alkyl halides is 1. The van der Waals surface area contributed by atoms with E-state index in [0.29, 0.717) is 17.3 Å². The summed E-state index contributed by atoms with van der Waals surface area (Å²) in [5.41, 5.74) is 1.52. The molecule has 20 heavy (non-hydrogen) atoms. The van der Waals surface area contributed by atoms with Crippen LogP contribution in [0.15, 0.2) is 12.1 Å². The normalized spacial score (nSPS) is 16.9. The molecule has 1 aromatic carbocycles. The maximum Gasteiger partial charge on any atom is 0.144 e. The highest BCUT2D eigenvalue weighted by Gasteiger charge is 2.18. The third-order valence-corrected chi connectivity index (χ3v) is 4.68. The fraction of sp³-hybridized carbons (Fsp3) is 0.533. The van der Waals surface area contributed by atoms with Gasteiger partial charge in [0.05, 0.1) is 21.9 Å². The van der Waals surface area contributed by atoms with Gasteiger partial charge in [0.1, 0.15) is 11.6 Å². The lowest BCUT2D eigenvalue weighted by molar-refractivity contribution is 0.320. The number of hydrogen-bond donors (Lipinski definition) is 0. The standard InChI is InChI=1S/C15H17Cl2FN2/c16-8-15-19-13-7-12(18)11(17)6-14(13)20(15)9-10-4-2-1-3-5-10/h6-7,10H,1-5,8-9H2. The van der Waals surface area contributed by atoms with Gasteiger partial charge in [-0.1, -0.05) is 30.9 Å². The molecule has 0 aliphatic heterocycles. The first-order chi connectivity index (χ1) is 9.69. The van der Waals surface area contributed by atoms with E-state index in [1.807, 2.05) is 0 Å². The van der Waals surface area contributed by atoms with E-state index in [9.17, 15) is 4.39 Å². The Hall–Kier alpha value is -0.800. The third kappa shape index (κ3) is 2.66. The molecule has 2 aromatic rings. The van der Waals surface area contributed by atoms with Gasteiger partial charge < -0.3 is 4.57 Å². The fourth-order valence-corrected chi connectivity index (χ4v) is 3.47. The quantitative estimate of drug-likeness (QED) is 0.716. The molecule has 1 fully saturated rings. The van der Waals surface area contributed by atoms with E-state index in [0.717, 1.165) is 17.9 Å². The SMILES string of the molecule is Fc1cc2nc(CCl)n(CC3CCCCC3)c2cc1Cl. The van der Waals surface area contributed by atoms with Gasteiger partial charge in [-0.3, -0.25) is 0 Å².